The molecule has 0 saturated carbocycles. The first-order valence-corrected chi connectivity index (χ1v) is 13.3. The van der Waals surface area contributed by atoms with Crippen LogP contribution in [0.4, 0.5) is 8.78 Å². The number of ether oxygens (including phenoxy) is 1. The molecular weight excluding hydrogens is 535 g/mol. The van der Waals surface area contributed by atoms with E-state index >= 15 is 0 Å². The summed E-state index contributed by atoms with van der Waals surface area (Å²) < 4.78 is 58.7. The van der Waals surface area contributed by atoms with E-state index in [9.17, 15) is 22.0 Å². The van der Waals surface area contributed by atoms with E-state index in [0.29, 0.717) is 41.6 Å². The maximum Gasteiger partial charge on any atom is 0.261 e. The number of hydrogen-bond donors (Lipinski definition) is 1. The summed E-state index contributed by atoms with van der Waals surface area (Å²) in [6, 6.07) is 14.4. The third-order valence-corrected chi connectivity index (χ3v) is 6.92. The summed E-state index contributed by atoms with van der Waals surface area (Å²) >= 11 is 12.1. The van der Waals surface area contributed by atoms with Crippen molar-refractivity contribution in [3.63, 3.8) is 0 Å². The number of aromatic nitrogens is 2. The number of alkyl halides is 2. The number of benzene rings is 2. The molecule has 0 fully saturated rings. The molecule has 0 saturated heterocycles. The monoisotopic (exact) mass is 559 g/mol. The van der Waals surface area contributed by atoms with Crippen LogP contribution in [0.3, 0.4) is 0 Å². The molecule has 3 aromatic rings. The van der Waals surface area contributed by atoms with Crippen molar-refractivity contribution in [3.8, 4) is 5.75 Å². The van der Waals surface area contributed by atoms with Crippen LogP contribution in [-0.2, 0) is 34.4 Å². The van der Waals surface area contributed by atoms with E-state index in [4.69, 9.17) is 27.9 Å². The van der Waals surface area contributed by atoms with Gasteiger partial charge in [0.05, 0.1) is 12.2 Å². The van der Waals surface area contributed by atoms with Crippen molar-refractivity contribution in [2.75, 3.05) is 5.75 Å². The second-order valence-corrected chi connectivity index (χ2v) is 11.1. The van der Waals surface area contributed by atoms with E-state index in [-0.39, 0.29) is 12.8 Å². The molecule has 2 aromatic carbocycles. The molecule has 3 rings (SSSR count). The Morgan fingerprint density at radius 1 is 1.11 bits per heavy atom. The Labute approximate surface area is 218 Å². The smallest absolute Gasteiger partial charge is 0.261 e. The number of carbonyl (C=O) groups is 1. The molecule has 0 radical (unpaired) electrons. The zero-order chi connectivity index (χ0) is 26.5. The number of nitrogens with zero attached hydrogens (tertiary/aromatic N) is 2. The van der Waals surface area contributed by atoms with E-state index in [2.05, 4.69) is 5.10 Å². The number of rotatable bonds is 11. The van der Waals surface area contributed by atoms with Gasteiger partial charge in [-0.05, 0) is 48.9 Å². The molecular formula is C24H25Cl2F2N3O4S. The molecule has 0 spiro atoms. The summed E-state index contributed by atoms with van der Waals surface area (Å²) in [5, 5.41) is 5.65. The third-order valence-electron chi connectivity index (χ3n) is 5.00. The van der Waals surface area contributed by atoms with Gasteiger partial charge in [0.15, 0.2) is 0 Å². The first-order chi connectivity index (χ1) is 16.8. The predicted octanol–water partition coefficient (Wildman–Crippen LogP) is 5.16. The van der Waals surface area contributed by atoms with E-state index in [1.165, 1.54) is 0 Å². The maximum atomic E-state index is 13.0. The third kappa shape index (κ3) is 8.76. The Morgan fingerprint density at radius 2 is 1.78 bits per heavy atom. The number of hydrogen-bond acceptors (Lipinski definition) is 5. The molecule has 1 N–H and O–H groups in total. The lowest BCUT2D eigenvalue weighted by Crippen LogP contribution is -2.38. The van der Waals surface area contributed by atoms with Crippen LogP contribution in [0, 0.1) is 6.92 Å². The van der Waals surface area contributed by atoms with Gasteiger partial charge in [0.1, 0.15) is 18.1 Å². The molecule has 12 heteroatoms. The van der Waals surface area contributed by atoms with Crippen molar-refractivity contribution in [3.05, 3.63) is 81.1 Å². The minimum absolute atomic E-state index is 0.132. The zero-order valence-corrected chi connectivity index (χ0v) is 21.9. The van der Waals surface area contributed by atoms with Gasteiger partial charge in [0.25, 0.3) is 5.92 Å². The fourth-order valence-corrected chi connectivity index (χ4v) is 4.92. The quantitative estimate of drug-likeness (QED) is 0.350. The Hall–Kier alpha value is -2.69. The Morgan fingerprint density at radius 3 is 2.44 bits per heavy atom. The molecule has 7 nitrogen and oxygen atoms in total. The lowest BCUT2D eigenvalue weighted by atomic mass is 10.2. The average molecular weight is 560 g/mol. The van der Waals surface area contributed by atoms with Gasteiger partial charge in [-0.15, -0.1) is 0 Å². The molecule has 194 valence electrons. The van der Waals surface area contributed by atoms with Gasteiger partial charge < -0.3 is 4.74 Å². The zero-order valence-electron chi connectivity index (χ0n) is 19.6. The van der Waals surface area contributed by atoms with Crippen LogP contribution in [-0.4, -0.2) is 35.8 Å². The van der Waals surface area contributed by atoms with Gasteiger partial charge in [0.2, 0.25) is 15.9 Å². The van der Waals surface area contributed by atoms with Crippen LogP contribution in [0.2, 0.25) is 10.0 Å². The molecule has 36 heavy (non-hydrogen) atoms. The highest BCUT2D eigenvalue weighted by molar-refractivity contribution is 7.90. The Balaban J connectivity index is 1.64. The van der Waals surface area contributed by atoms with Gasteiger partial charge in [0, 0.05) is 41.1 Å². The maximum absolute atomic E-state index is 13.0. The summed E-state index contributed by atoms with van der Waals surface area (Å²) in [5.74, 6) is -5.15. The molecule has 0 aliphatic rings. The van der Waals surface area contributed by atoms with Crippen molar-refractivity contribution in [2.45, 2.75) is 45.8 Å². The molecule has 1 amide bonds. The number of sulfonamides is 1. The van der Waals surface area contributed by atoms with E-state index < -0.39 is 27.6 Å². The molecule has 1 aromatic heterocycles. The van der Waals surface area contributed by atoms with Gasteiger partial charge in [-0.2, -0.15) is 5.10 Å². The number of nitrogens with one attached hydrogen (secondary N) is 1. The van der Waals surface area contributed by atoms with E-state index in [1.54, 1.807) is 45.8 Å². The normalized spacial score (nSPS) is 11.9. The van der Waals surface area contributed by atoms with Crippen LogP contribution in [0.5, 0.6) is 5.75 Å². The summed E-state index contributed by atoms with van der Waals surface area (Å²) in [6.07, 6.45) is -0.0925. The van der Waals surface area contributed by atoms with Crippen molar-refractivity contribution < 1.29 is 26.7 Å². The van der Waals surface area contributed by atoms with Gasteiger partial charge in [-0.25, -0.2) is 17.2 Å². The summed E-state index contributed by atoms with van der Waals surface area (Å²) in [5.41, 5.74) is 3.08. The minimum Gasteiger partial charge on any atom is -0.489 e. The van der Waals surface area contributed by atoms with Crippen LogP contribution in [0.1, 0.15) is 35.9 Å². The number of amides is 1. The largest absolute Gasteiger partial charge is 0.489 e. The highest BCUT2D eigenvalue weighted by Gasteiger charge is 2.31. The molecule has 0 aliphatic carbocycles. The highest BCUT2D eigenvalue weighted by atomic mass is 35.5. The molecule has 0 atom stereocenters. The van der Waals surface area contributed by atoms with Crippen molar-refractivity contribution in [1.29, 1.82) is 0 Å². The van der Waals surface area contributed by atoms with Crippen molar-refractivity contribution in [1.82, 2.24) is 14.5 Å². The van der Waals surface area contributed by atoms with E-state index in [0.717, 1.165) is 16.8 Å². The second-order valence-electron chi connectivity index (χ2n) is 8.46. The highest BCUT2D eigenvalue weighted by Crippen LogP contribution is 2.26. The molecule has 0 aliphatic heterocycles. The average Bonchev–Trinajstić information content (AvgIpc) is 3.10. The minimum atomic E-state index is -4.43. The van der Waals surface area contributed by atoms with Crippen molar-refractivity contribution in [2.24, 2.45) is 0 Å². The van der Waals surface area contributed by atoms with Crippen LogP contribution >= 0.6 is 23.2 Å². The summed E-state index contributed by atoms with van der Waals surface area (Å²) in [7, 11) is -4.43. The van der Waals surface area contributed by atoms with E-state index in [1.807, 2.05) is 19.1 Å². The fraction of sp³-hybridized carbons (Fsp3) is 0.333. The molecule has 1 heterocycles. The molecule has 0 unspecified atom stereocenters. The van der Waals surface area contributed by atoms with Crippen LogP contribution < -0.4 is 9.46 Å². The number of halogens is 4. The first-order valence-electron chi connectivity index (χ1n) is 10.9. The molecule has 0 bridgehead atoms. The standard InChI is InChI=1S/C24H25Cl2F2N3O4S/c1-16-11-21(8-10-23(32)30-36(33,34)15-24(2,27)28)29-31(16)13-18-12-20(26)7-9-22(18)35-14-17-3-5-19(25)6-4-17/h3-7,9,11-12H,8,10,13-15H2,1-2H3,(H,30,32). The van der Waals surface area contributed by atoms with Crippen LogP contribution in [0.15, 0.2) is 48.5 Å². The summed E-state index contributed by atoms with van der Waals surface area (Å²) in [6.45, 7) is 2.98. The number of carbonyl (C=O) groups excluding carboxylic acids is 1. The topological polar surface area (TPSA) is 90.3 Å². The van der Waals surface area contributed by atoms with Crippen LogP contribution in [0.25, 0.3) is 0 Å². The SMILES string of the molecule is Cc1cc(CCC(=O)NS(=O)(=O)CC(C)(F)F)nn1Cc1cc(Cl)ccc1OCc1ccc(Cl)cc1. The van der Waals surface area contributed by atoms with Gasteiger partial charge in [-0.3, -0.25) is 14.2 Å². The predicted molar refractivity (Wildman–Crippen MR) is 134 cm³/mol. The lowest BCUT2D eigenvalue weighted by molar-refractivity contribution is -0.119. The second kappa shape index (κ2) is 11.6. The first kappa shape index (κ1) is 27.9. The van der Waals surface area contributed by atoms with Crippen molar-refractivity contribution >= 4 is 39.1 Å². The Kier molecular flexibility index (Phi) is 8.97. The summed E-state index contributed by atoms with van der Waals surface area (Å²) in [4.78, 5) is 12.0. The van der Waals surface area contributed by atoms with Gasteiger partial charge in [-0.1, -0.05) is 35.3 Å². The van der Waals surface area contributed by atoms with Gasteiger partial charge >= 0.3 is 0 Å². The fourth-order valence-electron chi connectivity index (χ4n) is 3.41. The lowest BCUT2D eigenvalue weighted by Gasteiger charge is -2.13. The Bertz CT molecular complexity index is 1320. The number of aryl methyl sites for hydroxylation is 2.